The van der Waals surface area contributed by atoms with Crippen LogP contribution in [0, 0.1) is 0 Å². The van der Waals surface area contributed by atoms with E-state index in [4.69, 9.17) is 0 Å². The predicted octanol–water partition coefficient (Wildman–Crippen LogP) is 4.57. The maximum Gasteiger partial charge on any atom is 0.0480 e. The van der Waals surface area contributed by atoms with Gasteiger partial charge in [0.15, 0.2) is 0 Å². The number of anilines is 1. The van der Waals surface area contributed by atoms with Crippen LogP contribution in [-0.2, 0) is 6.54 Å². The van der Waals surface area contributed by atoms with Crippen molar-refractivity contribution in [1.29, 1.82) is 0 Å². The van der Waals surface area contributed by atoms with Crippen LogP contribution in [0.15, 0.2) is 65.8 Å². The minimum Gasteiger partial charge on any atom is -0.380 e. The van der Waals surface area contributed by atoms with Crippen LogP contribution in [0.2, 0.25) is 0 Å². The fraction of sp³-hybridized carbons (Fsp3) is 0.118. The van der Waals surface area contributed by atoms with Gasteiger partial charge in [0.25, 0.3) is 0 Å². The summed E-state index contributed by atoms with van der Waals surface area (Å²) in [7, 11) is 0. The number of para-hydroxylation sites is 1. The van der Waals surface area contributed by atoms with Gasteiger partial charge >= 0.3 is 0 Å². The van der Waals surface area contributed by atoms with Gasteiger partial charge in [-0.3, -0.25) is 4.98 Å². The van der Waals surface area contributed by atoms with Crippen molar-refractivity contribution in [2.75, 3.05) is 11.6 Å². The predicted molar refractivity (Wildman–Crippen MR) is 87.3 cm³/mol. The van der Waals surface area contributed by atoms with Gasteiger partial charge in [-0.05, 0) is 41.5 Å². The molecule has 0 saturated heterocycles. The molecule has 0 saturated carbocycles. The topological polar surface area (TPSA) is 24.9 Å². The van der Waals surface area contributed by atoms with E-state index in [0.717, 1.165) is 6.54 Å². The van der Waals surface area contributed by atoms with Gasteiger partial charge in [-0.25, -0.2) is 0 Å². The van der Waals surface area contributed by atoms with Crippen molar-refractivity contribution in [3.63, 3.8) is 0 Å². The van der Waals surface area contributed by atoms with Gasteiger partial charge in [-0.2, -0.15) is 0 Å². The van der Waals surface area contributed by atoms with Crippen LogP contribution < -0.4 is 5.32 Å². The number of fused-ring (bicyclic) bond motifs is 1. The quantitative estimate of drug-likeness (QED) is 0.709. The number of thioether (sulfide) groups is 1. The maximum absolute atomic E-state index is 4.14. The lowest BCUT2D eigenvalue weighted by atomic mass is 10.1. The highest BCUT2D eigenvalue weighted by molar-refractivity contribution is 7.98. The van der Waals surface area contributed by atoms with Crippen molar-refractivity contribution >= 4 is 28.2 Å². The molecule has 0 atom stereocenters. The highest BCUT2D eigenvalue weighted by atomic mass is 32.2. The third-order valence-electron chi connectivity index (χ3n) is 3.29. The molecule has 1 heterocycles. The molecule has 3 aromatic rings. The number of nitrogens with zero attached hydrogens (tertiary/aromatic N) is 1. The van der Waals surface area contributed by atoms with E-state index in [9.17, 15) is 0 Å². The van der Waals surface area contributed by atoms with Gasteiger partial charge in [0.05, 0.1) is 0 Å². The lowest BCUT2D eigenvalue weighted by Crippen LogP contribution is -2.00. The van der Waals surface area contributed by atoms with Crippen LogP contribution >= 0.6 is 11.8 Å². The van der Waals surface area contributed by atoms with Gasteiger partial charge in [-0.15, -0.1) is 11.8 Å². The Labute approximate surface area is 123 Å². The number of pyridine rings is 1. The second kappa shape index (κ2) is 5.97. The molecule has 20 heavy (non-hydrogen) atoms. The second-order valence-electron chi connectivity index (χ2n) is 4.61. The Morgan fingerprint density at radius 3 is 2.85 bits per heavy atom. The van der Waals surface area contributed by atoms with E-state index in [0.29, 0.717) is 0 Å². The molecule has 100 valence electrons. The van der Waals surface area contributed by atoms with Crippen LogP contribution in [0.1, 0.15) is 5.56 Å². The third kappa shape index (κ3) is 2.78. The van der Waals surface area contributed by atoms with E-state index in [1.165, 1.54) is 26.9 Å². The zero-order valence-electron chi connectivity index (χ0n) is 11.3. The summed E-state index contributed by atoms with van der Waals surface area (Å²) in [4.78, 5) is 5.42. The average molecular weight is 280 g/mol. The van der Waals surface area contributed by atoms with Crippen LogP contribution in [0.5, 0.6) is 0 Å². The molecule has 0 aliphatic heterocycles. The van der Waals surface area contributed by atoms with Crippen LogP contribution in [-0.4, -0.2) is 11.2 Å². The van der Waals surface area contributed by atoms with Gasteiger partial charge in [0, 0.05) is 34.9 Å². The Kier molecular flexibility index (Phi) is 3.88. The molecular formula is C17H16N2S. The average Bonchev–Trinajstić information content (AvgIpc) is 2.53. The lowest BCUT2D eigenvalue weighted by molar-refractivity contribution is 1.14. The van der Waals surface area contributed by atoms with Crippen LogP contribution in [0.25, 0.3) is 10.8 Å². The Morgan fingerprint density at radius 2 is 1.95 bits per heavy atom. The molecule has 0 aliphatic carbocycles. The normalized spacial score (nSPS) is 10.7. The molecule has 0 bridgehead atoms. The summed E-state index contributed by atoms with van der Waals surface area (Å²) < 4.78 is 0. The summed E-state index contributed by atoms with van der Waals surface area (Å²) in [6, 6.07) is 16.9. The first-order chi connectivity index (χ1) is 9.86. The molecule has 2 nitrogen and oxygen atoms in total. The number of hydrogen-bond acceptors (Lipinski definition) is 3. The van der Waals surface area contributed by atoms with Crippen molar-refractivity contribution in [2.24, 2.45) is 0 Å². The van der Waals surface area contributed by atoms with Gasteiger partial charge in [0.2, 0.25) is 0 Å². The molecule has 0 spiro atoms. The summed E-state index contributed by atoms with van der Waals surface area (Å²) in [5.41, 5.74) is 2.47. The zero-order valence-corrected chi connectivity index (χ0v) is 12.2. The zero-order chi connectivity index (χ0) is 13.8. The molecule has 3 heteroatoms. The summed E-state index contributed by atoms with van der Waals surface area (Å²) >= 11 is 1.76. The Balaban J connectivity index is 1.79. The third-order valence-corrected chi connectivity index (χ3v) is 4.09. The number of aromatic nitrogens is 1. The van der Waals surface area contributed by atoms with E-state index in [1.54, 1.807) is 11.8 Å². The summed E-state index contributed by atoms with van der Waals surface area (Å²) in [6.45, 7) is 0.829. The van der Waals surface area contributed by atoms with Crippen molar-refractivity contribution in [2.45, 2.75) is 11.4 Å². The Hall–Kier alpha value is -2.00. The second-order valence-corrected chi connectivity index (χ2v) is 5.46. The van der Waals surface area contributed by atoms with Gasteiger partial charge in [0.1, 0.15) is 0 Å². The van der Waals surface area contributed by atoms with Gasteiger partial charge < -0.3 is 5.32 Å². The van der Waals surface area contributed by atoms with Crippen molar-refractivity contribution in [3.05, 3.63) is 66.5 Å². The van der Waals surface area contributed by atoms with E-state index >= 15 is 0 Å². The number of benzene rings is 2. The minimum atomic E-state index is 0.829. The van der Waals surface area contributed by atoms with E-state index in [-0.39, 0.29) is 0 Å². The van der Waals surface area contributed by atoms with Crippen molar-refractivity contribution in [3.8, 4) is 0 Å². The smallest absolute Gasteiger partial charge is 0.0480 e. The van der Waals surface area contributed by atoms with Crippen molar-refractivity contribution in [1.82, 2.24) is 4.98 Å². The summed E-state index contributed by atoms with van der Waals surface area (Å²) in [6.07, 6.45) is 5.83. The molecule has 3 rings (SSSR count). The standard InChI is InChI=1S/C17H16N2S/c1-20-17-5-3-2-4-16(17)19-11-13-6-7-15-12-18-9-8-14(15)10-13/h2-10,12,19H,11H2,1H3. The number of hydrogen-bond donors (Lipinski definition) is 1. The van der Waals surface area contributed by atoms with Gasteiger partial charge in [-0.1, -0.05) is 24.3 Å². The Morgan fingerprint density at radius 1 is 1.05 bits per heavy atom. The minimum absolute atomic E-state index is 0.829. The molecule has 0 radical (unpaired) electrons. The van der Waals surface area contributed by atoms with E-state index < -0.39 is 0 Å². The molecule has 1 aromatic heterocycles. The van der Waals surface area contributed by atoms with Crippen LogP contribution in [0.4, 0.5) is 5.69 Å². The molecule has 0 amide bonds. The Bertz CT molecular complexity index is 725. The van der Waals surface area contributed by atoms with E-state index in [1.807, 2.05) is 12.4 Å². The maximum atomic E-state index is 4.14. The van der Waals surface area contributed by atoms with Crippen LogP contribution in [0.3, 0.4) is 0 Å². The first-order valence-electron chi connectivity index (χ1n) is 6.56. The SMILES string of the molecule is CSc1ccccc1NCc1ccc2cnccc2c1. The largest absolute Gasteiger partial charge is 0.380 e. The monoisotopic (exact) mass is 280 g/mol. The number of nitrogens with one attached hydrogen (secondary N) is 1. The molecule has 0 unspecified atom stereocenters. The summed E-state index contributed by atoms with van der Waals surface area (Å²) in [5, 5.41) is 5.92. The first kappa shape index (κ1) is 13.0. The lowest BCUT2D eigenvalue weighted by Gasteiger charge is -2.10. The highest BCUT2D eigenvalue weighted by Crippen LogP contribution is 2.25. The molecule has 0 fully saturated rings. The highest BCUT2D eigenvalue weighted by Gasteiger charge is 2.01. The summed E-state index contributed by atoms with van der Waals surface area (Å²) in [5.74, 6) is 0. The fourth-order valence-corrected chi connectivity index (χ4v) is 2.81. The fourth-order valence-electron chi connectivity index (χ4n) is 2.23. The number of rotatable bonds is 4. The van der Waals surface area contributed by atoms with E-state index in [2.05, 4.69) is 65.1 Å². The molecule has 2 aromatic carbocycles. The van der Waals surface area contributed by atoms with Crippen molar-refractivity contribution < 1.29 is 0 Å². The molecule has 0 aliphatic rings. The first-order valence-corrected chi connectivity index (χ1v) is 7.79. The molecule has 1 N–H and O–H groups in total. The molecular weight excluding hydrogens is 264 g/mol.